The van der Waals surface area contributed by atoms with E-state index in [1.165, 1.54) is 0 Å². The summed E-state index contributed by atoms with van der Waals surface area (Å²) in [5, 5.41) is 14.5. The standard InChI is InChI=1S/C25H28N2O6/c1-14(2)21(24(29)30)27-23(28)22-20(11-12-32-22)26-25(31)33-13-19-17-9-5-3-7-15(17)16-8-4-6-10-18(16)19/h3-10,14,19-22H,11-13H2,1-2H3,(H,26,31)(H,27,28)(H,29,30)/t20-,21-,22+/m0/s1. The summed E-state index contributed by atoms with van der Waals surface area (Å²) in [5.74, 6) is -2.03. The molecule has 3 atom stereocenters. The number of hydrogen-bond donors (Lipinski definition) is 3. The lowest BCUT2D eigenvalue weighted by atomic mass is 9.98. The molecule has 0 spiro atoms. The molecule has 3 N–H and O–H groups in total. The van der Waals surface area contributed by atoms with Crippen molar-refractivity contribution >= 4 is 18.0 Å². The fraction of sp³-hybridized carbons (Fsp3) is 0.400. The van der Waals surface area contributed by atoms with E-state index in [-0.39, 0.29) is 25.0 Å². The second-order valence-corrected chi connectivity index (χ2v) is 8.72. The Balaban J connectivity index is 1.37. The van der Waals surface area contributed by atoms with Crippen LogP contribution in [0.5, 0.6) is 0 Å². The molecule has 2 amide bonds. The minimum Gasteiger partial charge on any atom is -0.480 e. The summed E-state index contributed by atoms with van der Waals surface area (Å²) in [6.45, 7) is 3.87. The predicted molar refractivity (Wildman–Crippen MR) is 121 cm³/mol. The lowest BCUT2D eigenvalue weighted by Crippen LogP contribution is -2.53. The quantitative estimate of drug-likeness (QED) is 0.595. The number of aliphatic carboxylic acids is 1. The lowest BCUT2D eigenvalue weighted by Gasteiger charge is -2.23. The second-order valence-electron chi connectivity index (χ2n) is 8.72. The van der Waals surface area contributed by atoms with Gasteiger partial charge < -0.3 is 25.2 Å². The van der Waals surface area contributed by atoms with E-state index in [0.717, 1.165) is 22.3 Å². The predicted octanol–water partition coefficient (Wildman–Crippen LogP) is 2.91. The minimum absolute atomic E-state index is 0.0653. The third kappa shape index (κ3) is 4.71. The molecule has 0 bridgehead atoms. The summed E-state index contributed by atoms with van der Waals surface area (Å²) in [4.78, 5) is 36.6. The molecule has 1 aliphatic carbocycles. The van der Waals surface area contributed by atoms with Crippen LogP contribution in [-0.4, -0.2) is 54.5 Å². The summed E-state index contributed by atoms with van der Waals surface area (Å²) >= 11 is 0. The number of rotatable bonds is 7. The molecule has 8 heteroatoms. The van der Waals surface area contributed by atoms with E-state index >= 15 is 0 Å². The zero-order chi connectivity index (χ0) is 23.5. The van der Waals surface area contributed by atoms with Gasteiger partial charge in [0.25, 0.3) is 5.91 Å². The van der Waals surface area contributed by atoms with Gasteiger partial charge in [-0.05, 0) is 34.6 Å². The van der Waals surface area contributed by atoms with Gasteiger partial charge in [0.05, 0.1) is 6.04 Å². The van der Waals surface area contributed by atoms with Gasteiger partial charge in [0.1, 0.15) is 12.6 Å². The first-order valence-electron chi connectivity index (χ1n) is 11.1. The molecule has 2 aromatic carbocycles. The third-order valence-corrected chi connectivity index (χ3v) is 6.23. The summed E-state index contributed by atoms with van der Waals surface area (Å²) in [7, 11) is 0. The molecule has 1 aliphatic heterocycles. The lowest BCUT2D eigenvalue weighted by molar-refractivity contribution is -0.145. The molecule has 0 aromatic heterocycles. The Kier molecular flexibility index (Phi) is 6.65. The Hall–Kier alpha value is -3.39. The first-order chi connectivity index (χ1) is 15.9. The minimum atomic E-state index is -1.11. The highest BCUT2D eigenvalue weighted by molar-refractivity contribution is 5.87. The molecule has 2 aromatic rings. The van der Waals surface area contributed by atoms with Gasteiger partial charge in [-0.25, -0.2) is 9.59 Å². The smallest absolute Gasteiger partial charge is 0.407 e. The number of alkyl carbamates (subject to hydrolysis) is 1. The maximum Gasteiger partial charge on any atom is 0.407 e. The maximum absolute atomic E-state index is 12.6. The number of carboxylic acids is 1. The van der Waals surface area contributed by atoms with Crippen molar-refractivity contribution in [2.24, 2.45) is 5.92 Å². The van der Waals surface area contributed by atoms with Crippen molar-refractivity contribution in [2.45, 2.75) is 44.4 Å². The van der Waals surface area contributed by atoms with E-state index in [1.54, 1.807) is 13.8 Å². The molecule has 4 rings (SSSR count). The van der Waals surface area contributed by atoms with Gasteiger partial charge in [0.15, 0.2) is 6.10 Å². The van der Waals surface area contributed by atoms with E-state index in [2.05, 4.69) is 22.8 Å². The number of benzene rings is 2. The highest BCUT2D eigenvalue weighted by atomic mass is 16.6. The number of fused-ring (bicyclic) bond motifs is 3. The molecule has 1 saturated heterocycles. The zero-order valence-electron chi connectivity index (χ0n) is 18.6. The summed E-state index contributed by atoms with van der Waals surface area (Å²) < 4.78 is 11.0. The number of hydrogen-bond acceptors (Lipinski definition) is 5. The molecule has 1 fully saturated rings. The fourth-order valence-electron chi connectivity index (χ4n) is 4.54. The monoisotopic (exact) mass is 452 g/mol. The summed E-state index contributed by atoms with van der Waals surface area (Å²) in [6.07, 6.45) is -1.17. The highest BCUT2D eigenvalue weighted by Crippen LogP contribution is 2.44. The van der Waals surface area contributed by atoms with Gasteiger partial charge >= 0.3 is 12.1 Å². The van der Waals surface area contributed by atoms with Crippen molar-refractivity contribution < 1.29 is 29.0 Å². The van der Waals surface area contributed by atoms with Crippen molar-refractivity contribution in [1.29, 1.82) is 0 Å². The molecular weight excluding hydrogens is 424 g/mol. The maximum atomic E-state index is 12.6. The normalized spacial score (nSPS) is 20.1. The van der Waals surface area contributed by atoms with Crippen LogP contribution in [0.2, 0.25) is 0 Å². The molecule has 0 saturated carbocycles. The molecule has 174 valence electrons. The number of carboxylic acid groups (broad SMARTS) is 1. The molecule has 0 unspecified atom stereocenters. The van der Waals surface area contributed by atoms with Crippen LogP contribution in [0.1, 0.15) is 37.3 Å². The molecule has 8 nitrogen and oxygen atoms in total. The molecule has 2 aliphatic rings. The Morgan fingerprint density at radius 1 is 1.06 bits per heavy atom. The Morgan fingerprint density at radius 2 is 1.67 bits per heavy atom. The van der Waals surface area contributed by atoms with E-state index < -0.39 is 36.2 Å². The van der Waals surface area contributed by atoms with Crippen molar-refractivity contribution in [1.82, 2.24) is 10.6 Å². The Labute approximate surface area is 192 Å². The van der Waals surface area contributed by atoms with Crippen molar-refractivity contribution in [3.05, 3.63) is 59.7 Å². The van der Waals surface area contributed by atoms with Gasteiger partial charge in [-0.2, -0.15) is 0 Å². The molecule has 1 heterocycles. The van der Waals surface area contributed by atoms with E-state index in [0.29, 0.717) is 6.42 Å². The van der Waals surface area contributed by atoms with Crippen LogP contribution in [0.3, 0.4) is 0 Å². The zero-order valence-corrected chi connectivity index (χ0v) is 18.6. The van der Waals surface area contributed by atoms with Gasteiger partial charge in [-0.1, -0.05) is 62.4 Å². The average Bonchev–Trinajstić information content (AvgIpc) is 3.38. The van der Waals surface area contributed by atoms with Crippen LogP contribution >= 0.6 is 0 Å². The van der Waals surface area contributed by atoms with Crippen LogP contribution in [0.15, 0.2) is 48.5 Å². The van der Waals surface area contributed by atoms with Crippen LogP contribution in [0.25, 0.3) is 11.1 Å². The third-order valence-electron chi connectivity index (χ3n) is 6.23. The average molecular weight is 453 g/mol. The summed E-state index contributed by atoms with van der Waals surface area (Å²) in [6, 6.07) is 14.5. The first-order valence-corrected chi connectivity index (χ1v) is 11.1. The molecule has 0 radical (unpaired) electrons. The molecule has 33 heavy (non-hydrogen) atoms. The topological polar surface area (TPSA) is 114 Å². The van der Waals surface area contributed by atoms with Crippen molar-refractivity contribution in [3.63, 3.8) is 0 Å². The number of ether oxygens (including phenoxy) is 2. The van der Waals surface area contributed by atoms with E-state index in [1.807, 2.05) is 36.4 Å². The van der Waals surface area contributed by atoms with Crippen molar-refractivity contribution in [2.75, 3.05) is 13.2 Å². The van der Waals surface area contributed by atoms with Gasteiger partial charge in [0, 0.05) is 12.5 Å². The highest BCUT2D eigenvalue weighted by Gasteiger charge is 2.38. The van der Waals surface area contributed by atoms with Gasteiger partial charge in [-0.3, -0.25) is 4.79 Å². The van der Waals surface area contributed by atoms with Crippen molar-refractivity contribution in [3.8, 4) is 11.1 Å². The fourth-order valence-corrected chi connectivity index (χ4v) is 4.54. The second kappa shape index (κ2) is 9.62. The SMILES string of the molecule is CC(C)[C@H](NC(=O)[C@@H]1OCC[C@@H]1NC(=O)OCC1c2ccccc2-c2ccccc21)C(=O)O. The van der Waals surface area contributed by atoms with Crippen LogP contribution in [0.4, 0.5) is 4.79 Å². The van der Waals surface area contributed by atoms with E-state index in [4.69, 9.17) is 9.47 Å². The van der Waals surface area contributed by atoms with E-state index in [9.17, 15) is 19.5 Å². The van der Waals surface area contributed by atoms with Gasteiger partial charge in [0.2, 0.25) is 0 Å². The number of carbonyl (C=O) groups excluding carboxylic acids is 2. The first kappa shape index (κ1) is 22.8. The largest absolute Gasteiger partial charge is 0.480 e. The number of amides is 2. The number of carbonyl (C=O) groups is 3. The Bertz CT molecular complexity index is 1010. The van der Waals surface area contributed by atoms with Crippen LogP contribution in [0, 0.1) is 5.92 Å². The summed E-state index contributed by atoms with van der Waals surface area (Å²) in [5.41, 5.74) is 4.50. The van der Waals surface area contributed by atoms with Crippen LogP contribution in [-0.2, 0) is 19.1 Å². The van der Waals surface area contributed by atoms with Gasteiger partial charge in [-0.15, -0.1) is 0 Å². The number of nitrogens with one attached hydrogen (secondary N) is 2. The Morgan fingerprint density at radius 3 is 2.24 bits per heavy atom. The van der Waals surface area contributed by atoms with Crippen LogP contribution < -0.4 is 10.6 Å². The molecular formula is C25H28N2O6.